The van der Waals surface area contributed by atoms with Gasteiger partial charge in [-0.25, -0.2) is 0 Å². The Labute approximate surface area is 122 Å². The molecule has 0 saturated heterocycles. The van der Waals surface area contributed by atoms with E-state index < -0.39 is 0 Å². The maximum Gasteiger partial charge on any atom is 0.272 e. The van der Waals surface area contributed by atoms with Crippen LogP contribution in [0.15, 0.2) is 24.3 Å². The van der Waals surface area contributed by atoms with Crippen molar-refractivity contribution >= 4 is 5.91 Å². The summed E-state index contributed by atoms with van der Waals surface area (Å²) in [4.78, 5) is 12.2. The number of H-pyrrole nitrogens is 1. The largest absolute Gasteiger partial charge is 0.508 e. The van der Waals surface area contributed by atoms with Gasteiger partial charge in [0.05, 0.1) is 0 Å². The number of phenols is 1. The van der Waals surface area contributed by atoms with Gasteiger partial charge in [0.1, 0.15) is 5.75 Å². The van der Waals surface area contributed by atoms with Crippen molar-refractivity contribution in [2.75, 3.05) is 13.1 Å². The van der Waals surface area contributed by atoms with Crippen molar-refractivity contribution in [3.05, 3.63) is 46.8 Å². The lowest BCUT2D eigenvalue weighted by molar-refractivity contribution is 0.0948. The highest BCUT2D eigenvalue weighted by atomic mass is 16.3. The SMILES string of the molecule is O=C(NCCc1ccc(O)cc1)c1n[nH]c2c1CNCC2. The molecule has 0 aliphatic carbocycles. The van der Waals surface area contributed by atoms with E-state index in [1.807, 2.05) is 12.1 Å². The lowest BCUT2D eigenvalue weighted by Gasteiger charge is -2.12. The van der Waals surface area contributed by atoms with Crippen LogP contribution in [0.1, 0.15) is 27.3 Å². The van der Waals surface area contributed by atoms with Crippen LogP contribution in [0.25, 0.3) is 0 Å². The molecule has 6 nitrogen and oxygen atoms in total. The Morgan fingerprint density at radius 2 is 2.14 bits per heavy atom. The molecule has 6 heteroatoms. The minimum Gasteiger partial charge on any atom is -0.508 e. The molecule has 2 heterocycles. The van der Waals surface area contributed by atoms with Crippen LogP contribution in [0, 0.1) is 0 Å². The fraction of sp³-hybridized carbons (Fsp3) is 0.333. The molecule has 1 aromatic carbocycles. The molecule has 1 aliphatic rings. The fourth-order valence-electron chi connectivity index (χ4n) is 2.48. The molecule has 110 valence electrons. The van der Waals surface area contributed by atoms with Gasteiger partial charge in [-0.1, -0.05) is 12.1 Å². The summed E-state index contributed by atoms with van der Waals surface area (Å²) in [5.74, 6) is 0.105. The highest BCUT2D eigenvalue weighted by Crippen LogP contribution is 2.15. The Hall–Kier alpha value is -2.34. The monoisotopic (exact) mass is 286 g/mol. The van der Waals surface area contributed by atoms with E-state index in [9.17, 15) is 9.90 Å². The second kappa shape index (κ2) is 5.97. The first-order valence-electron chi connectivity index (χ1n) is 7.07. The number of rotatable bonds is 4. The minimum absolute atomic E-state index is 0.144. The van der Waals surface area contributed by atoms with Crippen molar-refractivity contribution < 1.29 is 9.90 Å². The molecule has 0 saturated carbocycles. The topological polar surface area (TPSA) is 90.0 Å². The van der Waals surface area contributed by atoms with Crippen molar-refractivity contribution in [3.8, 4) is 5.75 Å². The molecule has 4 N–H and O–H groups in total. The van der Waals surface area contributed by atoms with Crippen LogP contribution < -0.4 is 10.6 Å². The van der Waals surface area contributed by atoms with Gasteiger partial charge in [0.15, 0.2) is 5.69 Å². The predicted molar refractivity (Wildman–Crippen MR) is 78.1 cm³/mol. The lowest BCUT2D eigenvalue weighted by atomic mass is 10.1. The van der Waals surface area contributed by atoms with Crippen LogP contribution in [-0.4, -0.2) is 34.3 Å². The van der Waals surface area contributed by atoms with E-state index >= 15 is 0 Å². The molecule has 21 heavy (non-hydrogen) atoms. The molecule has 0 atom stereocenters. The van der Waals surface area contributed by atoms with Crippen molar-refractivity contribution in [1.82, 2.24) is 20.8 Å². The molecule has 0 spiro atoms. The average molecular weight is 286 g/mol. The van der Waals surface area contributed by atoms with Crippen LogP contribution in [-0.2, 0) is 19.4 Å². The smallest absolute Gasteiger partial charge is 0.272 e. The normalized spacial score (nSPS) is 13.7. The van der Waals surface area contributed by atoms with E-state index in [2.05, 4.69) is 20.8 Å². The molecule has 1 aliphatic heterocycles. The zero-order valence-corrected chi connectivity index (χ0v) is 11.6. The minimum atomic E-state index is -0.144. The molecule has 0 bridgehead atoms. The van der Waals surface area contributed by atoms with Crippen molar-refractivity contribution in [2.45, 2.75) is 19.4 Å². The standard InChI is InChI=1S/C15H18N4O2/c20-11-3-1-10(2-4-11)5-8-17-15(21)14-12-9-16-7-6-13(12)18-19-14/h1-4,16,20H,5-9H2,(H,17,21)(H,18,19). The number of aromatic nitrogens is 2. The molecule has 1 amide bonds. The maximum absolute atomic E-state index is 12.2. The number of nitrogens with zero attached hydrogens (tertiary/aromatic N) is 1. The number of aromatic amines is 1. The van der Waals surface area contributed by atoms with Gasteiger partial charge in [-0.3, -0.25) is 9.89 Å². The summed E-state index contributed by atoms with van der Waals surface area (Å²) < 4.78 is 0. The molecule has 2 aromatic rings. The van der Waals surface area contributed by atoms with Gasteiger partial charge < -0.3 is 15.7 Å². The highest BCUT2D eigenvalue weighted by molar-refractivity contribution is 5.94. The zero-order valence-electron chi connectivity index (χ0n) is 11.6. The number of carbonyl (C=O) groups is 1. The van der Waals surface area contributed by atoms with Crippen molar-refractivity contribution in [3.63, 3.8) is 0 Å². The van der Waals surface area contributed by atoms with E-state index in [0.717, 1.165) is 36.2 Å². The van der Waals surface area contributed by atoms with Gasteiger partial charge in [0.25, 0.3) is 5.91 Å². The first-order chi connectivity index (χ1) is 10.2. The molecule has 3 rings (SSSR count). The van der Waals surface area contributed by atoms with Gasteiger partial charge in [-0.15, -0.1) is 0 Å². The van der Waals surface area contributed by atoms with Crippen LogP contribution >= 0.6 is 0 Å². The maximum atomic E-state index is 12.2. The third kappa shape index (κ3) is 3.05. The number of hydrogen-bond acceptors (Lipinski definition) is 4. The molecular formula is C15H18N4O2. The third-order valence-corrected chi connectivity index (χ3v) is 3.66. The quantitative estimate of drug-likeness (QED) is 0.667. The molecule has 0 unspecified atom stereocenters. The summed E-state index contributed by atoms with van der Waals surface area (Å²) in [6, 6.07) is 6.99. The molecule has 0 radical (unpaired) electrons. The second-order valence-corrected chi connectivity index (χ2v) is 5.13. The Bertz CT molecular complexity index is 634. The van der Waals surface area contributed by atoms with Gasteiger partial charge >= 0.3 is 0 Å². The van der Waals surface area contributed by atoms with E-state index in [-0.39, 0.29) is 11.7 Å². The first-order valence-corrected chi connectivity index (χ1v) is 7.07. The Balaban J connectivity index is 1.57. The van der Waals surface area contributed by atoms with Crippen molar-refractivity contribution in [2.24, 2.45) is 0 Å². The number of benzene rings is 1. The van der Waals surface area contributed by atoms with E-state index in [1.165, 1.54) is 0 Å². The predicted octanol–water partition coefficient (Wildman–Crippen LogP) is 0.733. The Kier molecular flexibility index (Phi) is 3.87. The van der Waals surface area contributed by atoms with Crippen LogP contribution in [0.4, 0.5) is 0 Å². The average Bonchev–Trinajstić information content (AvgIpc) is 2.93. The van der Waals surface area contributed by atoms with Crippen molar-refractivity contribution in [1.29, 1.82) is 0 Å². The van der Waals surface area contributed by atoms with Crippen LogP contribution in [0.5, 0.6) is 5.75 Å². The van der Waals surface area contributed by atoms with Crippen LogP contribution in [0.3, 0.4) is 0 Å². The summed E-state index contributed by atoms with van der Waals surface area (Å²) in [6.07, 6.45) is 1.60. The van der Waals surface area contributed by atoms with Gasteiger partial charge in [0, 0.05) is 37.3 Å². The number of amides is 1. The van der Waals surface area contributed by atoms with Gasteiger partial charge in [-0.2, -0.15) is 5.10 Å². The number of fused-ring (bicyclic) bond motifs is 1. The van der Waals surface area contributed by atoms with Gasteiger partial charge in [0.2, 0.25) is 0 Å². The van der Waals surface area contributed by atoms with E-state index in [0.29, 0.717) is 18.8 Å². The lowest BCUT2D eigenvalue weighted by Crippen LogP contribution is -2.29. The summed E-state index contributed by atoms with van der Waals surface area (Å²) in [5, 5.41) is 22.4. The number of nitrogens with one attached hydrogen (secondary N) is 3. The Morgan fingerprint density at radius 1 is 1.33 bits per heavy atom. The number of aromatic hydroxyl groups is 1. The summed E-state index contributed by atoms with van der Waals surface area (Å²) in [7, 11) is 0. The highest BCUT2D eigenvalue weighted by Gasteiger charge is 2.20. The fourth-order valence-corrected chi connectivity index (χ4v) is 2.48. The number of phenolic OH excluding ortho intramolecular Hbond substituents is 1. The summed E-state index contributed by atoms with van der Waals surface area (Å²) >= 11 is 0. The molecular weight excluding hydrogens is 268 g/mol. The molecule has 0 fully saturated rings. The van der Waals surface area contributed by atoms with Gasteiger partial charge in [-0.05, 0) is 24.1 Å². The van der Waals surface area contributed by atoms with E-state index in [4.69, 9.17) is 0 Å². The summed E-state index contributed by atoms with van der Waals surface area (Å²) in [6.45, 7) is 2.14. The number of hydrogen-bond donors (Lipinski definition) is 4. The second-order valence-electron chi connectivity index (χ2n) is 5.13. The summed E-state index contributed by atoms with van der Waals surface area (Å²) in [5.41, 5.74) is 3.59. The first kappa shape index (κ1) is 13.6. The van der Waals surface area contributed by atoms with Crippen LogP contribution in [0.2, 0.25) is 0 Å². The number of carbonyl (C=O) groups excluding carboxylic acids is 1. The molecule has 1 aromatic heterocycles. The Morgan fingerprint density at radius 3 is 2.95 bits per heavy atom. The zero-order chi connectivity index (χ0) is 14.7. The van der Waals surface area contributed by atoms with E-state index in [1.54, 1.807) is 12.1 Å². The third-order valence-electron chi connectivity index (χ3n) is 3.66.